The van der Waals surface area contributed by atoms with Crippen LogP contribution in [0.3, 0.4) is 0 Å². The summed E-state index contributed by atoms with van der Waals surface area (Å²) < 4.78 is 21.1. The van der Waals surface area contributed by atoms with Crippen LogP contribution in [0.15, 0.2) is 22.7 Å². The maximum Gasteiger partial charge on any atom is 0.291 e. The Morgan fingerprint density at radius 1 is 1.21 bits per heavy atom. The van der Waals surface area contributed by atoms with Gasteiger partial charge in [-0.25, -0.2) is 4.39 Å². The molecule has 2 aliphatic rings. The summed E-state index contributed by atoms with van der Waals surface area (Å²) in [7, 11) is 0. The number of halogens is 1. The van der Waals surface area contributed by atoms with E-state index in [2.05, 4.69) is 34.0 Å². The molecule has 8 nitrogen and oxygen atoms in total. The van der Waals surface area contributed by atoms with E-state index >= 15 is 0 Å². The maximum absolute atomic E-state index is 13.9. The predicted molar refractivity (Wildman–Crippen MR) is 122 cm³/mol. The molecule has 5 rings (SSSR count). The molecule has 3 aromatic rings. The highest BCUT2D eigenvalue weighted by Gasteiger charge is 2.32. The second kappa shape index (κ2) is 8.85. The number of amides is 1. The van der Waals surface area contributed by atoms with Gasteiger partial charge in [0, 0.05) is 50.5 Å². The number of piperidine rings is 1. The van der Waals surface area contributed by atoms with Crippen molar-refractivity contribution < 1.29 is 13.7 Å². The average Bonchev–Trinajstić information content (AvgIpc) is 3.52. The van der Waals surface area contributed by atoms with Crippen LogP contribution in [0.2, 0.25) is 0 Å². The number of carbonyl (C=O) groups excluding carboxylic acids is 1. The number of fused-ring (bicyclic) bond motifs is 1. The normalized spacial score (nSPS) is 20.4. The monoisotopic (exact) mass is 454 g/mol. The molecule has 1 amide bonds. The lowest BCUT2D eigenvalue weighted by Crippen LogP contribution is -2.45. The number of aromatic nitrogens is 4. The first kappa shape index (κ1) is 22.0. The Morgan fingerprint density at radius 2 is 2.00 bits per heavy atom. The Balaban J connectivity index is 1.26. The van der Waals surface area contributed by atoms with Gasteiger partial charge in [-0.05, 0) is 54.9 Å². The molecule has 33 heavy (non-hydrogen) atoms. The van der Waals surface area contributed by atoms with Crippen LogP contribution in [0, 0.1) is 11.7 Å². The summed E-state index contributed by atoms with van der Waals surface area (Å²) in [5.74, 6) is 1.45. The average molecular weight is 455 g/mol. The summed E-state index contributed by atoms with van der Waals surface area (Å²) in [4.78, 5) is 20.7. The molecule has 2 saturated heterocycles. The molecular weight excluding hydrogens is 423 g/mol. The first-order valence-electron chi connectivity index (χ1n) is 11.9. The Kier molecular flexibility index (Phi) is 5.90. The summed E-state index contributed by atoms with van der Waals surface area (Å²) in [6.07, 6.45) is 3.90. The van der Waals surface area contributed by atoms with E-state index in [1.165, 1.54) is 12.1 Å². The summed E-state index contributed by atoms with van der Waals surface area (Å²) in [5, 5.41) is 9.72. The van der Waals surface area contributed by atoms with Crippen molar-refractivity contribution >= 4 is 16.8 Å². The Labute approximate surface area is 192 Å². The fraction of sp³-hybridized carbons (Fsp3) is 0.583. The molecule has 0 saturated carbocycles. The van der Waals surface area contributed by atoms with Gasteiger partial charge < -0.3 is 9.42 Å². The van der Waals surface area contributed by atoms with Crippen molar-refractivity contribution in [2.24, 2.45) is 5.92 Å². The minimum Gasteiger partial charge on any atom is -0.343 e. The molecule has 0 bridgehead atoms. The van der Waals surface area contributed by atoms with Gasteiger partial charge >= 0.3 is 0 Å². The SMILES string of the molecule is CC(=O)N1CCC(N2CC[C@@H](Cc3nc(-n4nc(C(C)C)c5ccc(F)cc54)no3)C2)CC1. The van der Waals surface area contributed by atoms with Gasteiger partial charge in [0.2, 0.25) is 11.8 Å². The third-order valence-corrected chi connectivity index (χ3v) is 7.07. The number of carbonyl (C=O) groups is 1. The molecule has 0 unspecified atom stereocenters. The van der Waals surface area contributed by atoms with E-state index in [1.807, 2.05) is 4.90 Å². The van der Waals surface area contributed by atoms with Crippen LogP contribution >= 0.6 is 0 Å². The van der Waals surface area contributed by atoms with Crippen molar-refractivity contribution in [3.05, 3.63) is 35.6 Å². The Hall–Kier alpha value is -2.81. The molecule has 9 heteroatoms. The van der Waals surface area contributed by atoms with E-state index in [9.17, 15) is 9.18 Å². The van der Waals surface area contributed by atoms with Gasteiger partial charge in [0.15, 0.2) is 0 Å². The molecule has 0 N–H and O–H groups in total. The lowest BCUT2D eigenvalue weighted by atomic mass is 10.0. The Bertz CT molecular complexity index is 1150. The Morgan fingerprint density at radius 3 is 2.73 bits per heavy atom. The van der Waals surface area contributed by atoms with Crippen molar-refractivity contribution in [3.63, 3.8) is 0 Å². The van der Waals surface area contributed by atoms with Crippen molar-refractivity contribution in [2.75, 3.05) is 26.2 Å². The van der Waals surface area contributed by atoms with Crippen LogP contribution in [-0.4, -0.2) is 67.8 Å². The summed E-state index contributed by atoms with van der Waals surface area (Å²) in [5.41, 5.74) is 1.54. The first-order chi connectivity index (χ1) is 15.9. The zero-order valence-corrected chi connectivity index (χ0v) is 19.5. The fourth-order valence-corrected chi connectivity index (χ4v) is 5.26. The van der Waals surface area contributed by atoms with E-state index < -0.39 is 0 Å². The zero-order valence-electron chi connectivity index (χ0n) is 19.5. The highest BCUT2D eigenvalue weighted by molar-refractivity contribution is 5.83. The first-order valence-corrected chi connectivity index (χ1v) is 11.9. The highest BCUT2D eigenvalue weighted by Crippen LogP contribution is 2.29. The number of hydrogen-bond donors (Lipinski definition) is 0. The molecule has 176 valence electrons. The largest absolute Gasteiger partial charge is 0.343 e. The molecular formula is C24H31FN6O2. The zero-order chi connectivity index (χ0) is 23.1. The van der Waals surface area contributed by atoms with Crippen LogP contribution in [0.25, 0.3) is 16.9 Å². The quantitative estimate of drug-likeness (QED) is 0.587. The lowest BCUT2D eigenvalue weighted by Gasteiger charge is -2.36. The maximum atomic E-state index is 13.9. The lowest BCUT2D eigenvalue weighted by molar-refractivity contribution is -0.130. The van der Waals surface area contributed by atoms with Crippen molar-refractivity contribution in [3.8, 4) is 5.95 Å². The van der Waals surface area contributed by atoms with Gasteiger partial charge in [-0.2, -0.15) is 14.8 Å². The molecule has 2 aliphatic heterocycles. The summed E-state index contributed by atoms with van der Waals surface area (Å²) in [6, 6.07) is 5.23. The van der Waals surface area contributed by atoms with E-state index in [0.29, 0.717) is 29.3 Å². The topological polar surface area (TPSA) is 80.3 Å². The highest BCUT2D eigenvalue weighted by atomic mass is 19.1. The minimum absolute atomic E-state index is 0.174. The molecule has 0 aliphatic carbocycles. The number of likely N-dealkylation sites (tertiary alicyclic amines) is 2. The number of rotatable bonds is 5. The summed E-state index contributed by atoms with van der Waals surface area (Å²) >= 11 is 0. The van der Waals surface area contributed by atoms with Crippen LogP contribution in [-0.2, 0) is 11.2 Å². The van der Waals surface area contributed by atoms with Gasteiger partial charge in [-0.15, -0.1) is 0 Å². The molecule has 2 fully saturated rings. The van der Waals surface area contributed by atoms with Crippen molar-refractivity contribution in [1.82, 2.24) is 29.7 Å². The molecule has 0 spiro atoms. The van der Waals surface area contributed by atoms with E-state index in [0.717, 1.165) is 62.9 Å². The van der Waals surface area contributed by atoms with Crippen LogP contribution < -0.4 is 0 Å². The second-order valence-corrected chi connectivity index (χ2v) is 9.69. The standard InChI is InChI=1S/C24H31FN6O2/c1-15(2)23-20-5-4-18(25)13-21(20)31(27-23)24-26-22(33-28-24)12-17-6-9-30(14-17)19-7-10-29(11-8-19)16(3)32/h4-5,13,15,17,19H,6-12,14H2,1-3H3/t17-/m0/s1. The predicted octanol–water partition coefficient (Wildman–Crippen LogP) is 3.55. The number of benzene rings is 1. The van der Waals surface area contributed by atoms with E-state index in [4.69, 9.17) is 4.52 Å². The number of hydrogen-bond acceptors (Lipinski definition) is 6. The molecule has 1 atom stereocenters. The third kappa shape index (κ3) is 4.38. The van der Waals surface area contributed by atoms with Crippen LogP contribution in [0.1, 0.15) is 57.5 Å². The number of nitrogens with zero attached hydrogens (tertiary/aromatic N) is 6. The molecule has 1 aromatic carbocycles. The van der Waals surface area contributed by atoms with Gasteiger partial charge in [0.1, 0.15) is 5.82 Å². The molecule has 4 heterocycles. The molecule has 2 aromatic heterocycles. The minimum atomic E-state index is -0.317. The van der Waals surface area contributed by atoms with Crippen LogP contribution in [0.5, 0.6) is 0 Å². The van der Waals surface area contributed by atoms with Gasteiger partial charge in [0.05, 0.1) is 11.2 Å². The van der Waals surface area contributed by atoms with Gasteiger partial charge in [0.25, 0.3) is 5.95 Å². The van der Waals surface area contributed by atoms with E-state index in [-0.39, 0.29) is 17.6 Å². The van der Waals surface area contributed by atoms with Crippen LogP contribution in [0.4, 0.5) is 4.39 Å². The third-order valence-electron chi connectivity index (χ3n) is 7.07. The van der Waals surface area contributed by atoms with Crippen molar-refractivity contribution in [2.45, 2.75) is 58.4 Å². The van der Waals surface area contributed by atoms with Gasteiger partial charge in [-0.3, -0.25) is 9.69 Å². The smallest absolute Gasteiger partial charge is 0.291 e. The summed E-state index contributed by atoms with van der Waals surface area (Å²) in [6.45, 7) is 9.56. The van der Waals surface area contributed by atoms with Crippen molar-refractivity contribution in [1.29, 1.82) is 0 Å². The second-order valence-electron chi connectivity index (χ2n) is 9.69. The van der Waals surface area contributed by atoms with E-state index in [1.54, 1.807) is 17.7 Å². The molecule has 0 radical (unpaired) electrons. The fourth-order valence-electron chi connectivity index (χ4n) is 5.26. The van der Waals surface area contributed by atoms with Gasteiger partial charge in [-0.1, -0.05) is 13.8 Å².